The van der Waals surface area contributed by atoms with Gasteiger partial charge in [0.2, 0.25) is 0 Å². The first-order valence-electron chi connectivity index (χ1n) is 8.19. The molecule has 2 aromatic rings. The fraction of sp³-hybridized carbons (Fsp3) is 0.556. The van der Waals surface area contributed by atoms with Gasteiger partial charge in [-0.3, -0.25) is 0 Å². The lowest BCUT2D eigenvalue weighted by molar-refractivity contribution is 0.355. The van der Waals surface area contributed by atoms with Crippen LogP contribution in [-0.4, -0.2) is 23.8 Å². The summed E-state index contributed by atoms with van der Waals surface area (Å²) >= 11 is 0. The zero-order chi connectivity index (χ0) is 16.8. The van der Waals surface area contributed by atoms with E-state index in [-0.39, 0.29) is 0 Å². The number of imidazole rings is 1. The Morgan fingerprint density at radius 1 is 1.17 bits per heavy atom. The van der Waals surface area contributed by atoms with Gasteiger partial charge in [-0.05, 0) is 19.3 Å². The summed E-state index contributed by atoms with van der Waals surface area (Å²) in [6, 6.07) is 6.13. The molecule has 1 aromatic carbocycles. The van der Waals surface area contributed by atoms with Gasteiger partial charge in [0.1, 0.15) is 5.82 Å². The first-order valence-corrected chi connectivity index (χ1v) is 8.19. The lowest BCUT2D eigenvalue weighted by atomic mass is 10.0. The third-order valence-corrected chi connectivity index (χ3v) is 4.30. The Bertz CT molecular complexity index is 696. The largest absolute Gasteiger partial charge is 0.493 e. The van der Waals surface area contributed by atoms with Crippen LogP contribution in [0.5, 0.6) is 11.5 Å². The van der Waals surface area contributed by atoms with Crippen molar-refractivity contribution >= 4 is 11.0 Å². The van der Waals surface area contributed by atoms with E-state index in [4.69, 9.17) is 19.7 Å². The smallest absolute Gasteiger partial charge is 0.163 e. The molecular formula is C18H25N3O2. The molecule has 0 N–H and O–H groups in total. The minimum Gasteiger partial charge on any atom is -0.493 e. The van der Waals surface area contributed by atoms with Gasteiger partial charge >= 0.3 is 0 Å². The van der Waals surface area contributed by atoms with Gasteiger partial charge in [0, 0.05) is 31.0 Å². The van der Waals surface area contributed by atoms with Crippen LogP contribution in [0.1, 0.15) is 51.3 Å². The molecular weight excluding hydrogens is 290 g/mol. The lowest BCUT2D eigenvalue weighted by Gasteiger charge is -2.15. The maximum Gasteiger partial charge on any atom is 0.163 e. The van der Waals surface area contributed by atoms with E-state index in [2.05, 4.69) is 24.5 Å². The summed E-state index contributed by atoms with van der Waals surface area (Å²) in [4.78, 5) is 4.86. The van der Waals surface area contributed by atoms with Gasteiger partial charge in [-0.2, -0.15) is 5.26 Å². The summed E-state index contributed by atoms with van der Waals surface area (Å²) in [5.74, 6) is 2.91. The van der Waals surface area contributed by atoms with E-state index in [0.717, 1.165) is 42.7 Å². The molecule has 1 heterocycles. The summed E-state index contributed by atoms with van der Waals surface area (Å²) in [7, 11) is 3.28. The highest BCUT2D eigenvalue weighted by Gasteiger charge is 2.19. The van der Waals surface area contributed by atoms with Crippen LogP contribution >= 0.6 is 0 Å². The Morgan fingerprint density at radius 2 is 1.83 bits per heavy atom. The molecule has 2 rings (SSSR count). The molecule has 5 nitrogen and oxygen atoms in total. The maximum atomic E-state index is 8.82. The number of nitriles is 1. The predicted molar refractivity (Wildman–Crippen MR) is 91.0 cm³/mol. The molecule has 124 valence electrons. The minimum absolute atomic E-state index is 0.418. The second-order valence-corrected chi connectivity index (χ2v) is 5.59. The van der Waals surface area contributed by atoms with Gasteiger partial charge in [-0.1, -0.05) is 13.8 Å². The van der Waals surface area contributed by atoms with Crippen LogP contribution in [0, 0.1) is 11.3 Å². The van der Waals surface area contributed by atoms with Gasteiger partial charge in [0.25, 0.3) is 0 Å². The standard InChI is InChI=1S/C18H25N3O2/c1-5-13(6-2)18-20-14-11-16(22-3)17(23-4)12-15(14)21(18)10-8-7-9-19/h11-13H,5-8,10H2,1-4H3. The van der Waals surface area contributed by atoms with Gasteiger partial charge in [-0.15, -0.1) is 0 Å². The number of nitrogens with zero attached hydrogens (tertiary/aromatic N) is 3. The number of ether oxygens (including phenoxy) is 2. The molecule has 5 heteroatoms. The molecule has 0 aliphatic heterocycles. The molecule has 0 bridgehead atoms. The quantitative estimate of drug-likeness (QED) is 0.683. The highest BCUT2D eigenvalue weighted by molar-refractivity contribution is 5.80. The van der Waals surface area contributed by atoms with Gasteiger partial charge < -0.3 is 14.0 Å². The van der Waals surface area contributed by atoms with E-state index < -0.39 is 0 Å². The number of fused-ring (bicyclic) bond motifs is 1. The van der Waals surface area contributed by atoms with Crippen molar-refractivity contribution in [1.82, 2.24) is 9.55 Å². The normalized spacial score (nSPS) is 11.0. The average molecular weight is 315 g/mol. The van der Waals surface area contributed by atoms with Gasteiger partial charge in [0.05, 0.1) is 31.3 Å². The van der Waals surface area contributed by atoms with E-state index in [1.807, 2.05) is 12.1 Å². The first kappa shape index (κ1) is 17.1. The van der Waals surface area contributed by atoms with Gasteiger partial charge in [0.15, 0.2) is 11.5 Å². The molecule has 0 spiro atoms. The third-order valence-electron chi connectivity index (χ3n) is 4.30. The summed E-state index contributed by atoms with van der Waals surface area (Å²) in [6.45, 7) is 5.17. The number of unbranched alkanes of at least 4 members (excludes halogenated alkanes) is 1. The summed E-state index contributed by atoms with van der Waals surface area (Å²) < 4.78 is 13.1. The van der Waals surface area contributed by atoms with E-state index >= 15 is 0 Å². The Labute approximate surface area is 137 Å². The number of rotatable bonds is 8. The SMILES string of the molecule is CCC(CC)c1nc2cc(OC)c(OC)cc2n1CCCC#N. The fourth-order valence-corrected chi connectivity index (χ4v) is 2.99. The lowest BCUT2D eigenvalue weighted by Crippen LogP contribution is -2.08. The summed E-state index contributed by atoms with van der Waals surface area (Å²) in [5, 5.41) is 8.82. The zero-order valence-electron chi connectivity index (χ0n) is 14.4. The fourth-order valence-electron chi connectivity index (χ4n) is 2.99. The molecule has 23 heavy (non-hydrogen) atoms. The van der Waals surface area contributed by atoms with Crippen LogP contribution in [0.4, 0.5) is 0 Å². The molecule has 0 aliphatic rings. The van der Waals surface area contributed by atoms with Crippen LogP contribution in [-0.2, 0) is 6.54 Å². The third kappa shape index (κ3) is 3.42. The van der Waals surface area contributed by atoms with Crippen LogP contribution in [0.25, 0.3) is 11.0 Å². The van der Waals surface area contributed by atoms with E-state index in [1.165, 1.54) is 0 Å². The van der Waals surface area contributed by atoms with Crippen molar-refractivity contribution < 1.29 is 9.47 Å². The highest BCUT2D eigenvalue weighted by atomic mass is 16.5. The number of methoxy groups -OCH3 is 2. The van der Waals surface area contributed by atoms with Crippen LogP contribution in [0.15, 0.2) is 12.1 Å². The average Bonchev–Trinajstić information content (AvgIpc) is 2.92. The van der Waals surface area contributed by atoms with Crippen molar-refractivity contribution in [3.8, 4) is 17.6 Å². The molecule has 1 aromatic heterocycles. The van der Waals surface area contributed by atoms with Crippen LogP contribution in [0.3, 0.4) is 0 Å². The second kappa shape index (κ2) is 7.87. The van der Waals surface area contributed by atoms with E-state index in [1.54, 1.807) is 14.2 Å². The van der Waals surface area contributed by atoms with Crippen molar-refractivity contribution in [2.75, 3.05) is 14.2 Å². The number of hydrogen-bond acceptors (Lipinski definition) is 4. The van der Waals surface area contributed by atoms with Crippen molar-refractivity contribution in [3.05, 3.63) is 18.0 Å². The van der Waals surface area contributed by atoms with Gasteiger partial charge in [-0.25, -0.2) is 4.98 Å². The maximum absolute atomic E-state index is 8.82. The highest BCUT2D eigenvalue weighted by Crippen LogP contribution is 2.35. The molecule has 0 saturated carbocycles. The molecule has 0 unspecified atom stereocenters. The van der Waals surface area contributed by atoms with Crippen molar-refractivity contribution in [1.29, 1.82) is 5.26 Å². The molecule has 0 saturated heterocycles. The predicted octanol–water partition coefficient (Wildman–Crippen LogP) is 4.26. The number of aryl methyl sites for hydroxylation is 1. The molecule has 0 radical (unpaired) electrons. The minimum atomic E-state index is 0.418. The molecule has 0 atom stereocenters. The zero-order valence-corrected chi connectivity index (χ0v) is 14.4. The summed E-state index contributed by atoms with van der Waals surface area (Å²) in [6.07, 6.45) is 3.47. The van der Waals surface area contributed by atoms with Crippen molar-refractivity contribution in [2.45, 2.75) is 52.0 Å². The van der Waals surface area contributed by atoms with Crippen LogP contribution < -0.4 is 9.47 Å². The molecule has 0 fully saturated rings. The number of benzene rings is 1. The van der Waals surface area contributed by atoms with E-state index in [9.17, 15) is 0 Å². The second-order valence-electron chi connectivity index (χ2n) is 5.59. The topological polar surface area (TPSA) is 60.1 Å². The summed E-state index contributed by atoms with van der Waals surface area (Å²) in [5.41, 5.74) is 1.96. The Hall–Kier alpha value is -2.22. The Balaban J connectivity index is 2.58. The molecule has 0 aliphatic carbocycles. The Morgan fingerprint density at radius 3 is 2.39 bits per heavy atom. The molecule has 0 amide bonds. The Kier molecular flexibility index (Phi) is 5.86. The van der Waals surface area contributed by atoms with Crippen molar-refractivity contribution in [3.63, 3.8) is 0 Å². The van der Waals surface area contributed by atoms with Crippen LogP contribution in [0.2, 0.25) is 0 Å². The van der Waals surface area contributed by atoms with Crippen molar-refractivity contribution in [2.24, 2.45) is 0 Å². The monoisotopic (exact) mass is 315 g/mol. The number of hydrogen-bond donors (Lipinski definition) is 0. The van der Waals surface area contributed by atoms with E-state index in [0.29, 0.717) is 23.8 Å². The number of aromatic nitrogens is 2. The first-order chi connectivity index (χ1) is 11.2.